The summed E-state index contributed by atoms with van der Waals surface area (Å²) in [5.74, 6) is -0.307. The highest BCUT2D eigenvalue weighted by atomic mass is 16.6. The van der Waals surface area contributed by atoms with Gasteiger partial charge >= 0.3 is 5.97 Å². The maximum absolute atomic E-state index is 13.6. The molecule has 1 heterocycles. The van der Waals surface area contributed by atoms with Gasteiger partial charge in [0.25, 0.3) is 0 Å². The molecule has 1 aliphatic heterocycles. The lowest BCUT2D eigenvalue weighted by atomic mass is 9.85. The van der Waals surface area contributed by atoms with Crippen LogP contribution in [0.1, 0.15) is 37.3 Å². The molecule has 2 aromatic rings. The Morgan fingerprint density at radius 2 is 1.52 bits per heavy atom. The highest BCUT2D eigenvalue weighted by Crippen LogP contribution is 2.36. The van der Waals surface area contributed by atoms with Crippen molar-refractivity contribution in [1.29, 1.82) is 0 Å². The van der Waals surface area contributed by atoms with Crippen LogP contribution in [-0.4, -0.2) is 38.8 Å². The summed E-state index contributed by atoms with van der Waals surface area (Å²) in [5.41, 5.74) is 0.399. The fraction of sp³-hybridized carbons (Fsp3) is 0.435. The lowest BCUT2D eigenvalue weighted by molar-refractivity contribution is -0.885. The van der Waals surface area contributed by atoms with Gasteiger partial charge in [-0.1, -0.05) is 67.6 Å². The van der Waals surface area contributed by atoms with E-state index in [1.165, 1.54) is 4.90 Å². The zero-order valence-electron chi connectivity index (χ0n) is 16.3. The normalized spacial score (nSPS) is 20.2. The second-order valence-corrected chi connectivity index (χ2v) is 7.32. The third-order valence-electron chi connectivity index (χ3n) is 5.23. The summed E-state index contributed by atoms with van der Waals surface area (Å²) in [6, 6.07) is 19.4. The molecule has 4 heteroatoms. The first-order valence-corrected chi connectivity index (χ1v) is 9.94. The fourth-order valence-electron chi connectivity index (χ4n) is 3.67. The average molecular weight is 368 g/mol. The molecule has 0 saturated carbocycles. The van der Waals surface area contributed by atoms with Gasteiger partial charge in [0, 0.05) is 19.4 Å². The van der Waals surface area contributed by atoms with Crippen molar-refractivity contribution in [1.82, 2.24) is 0 Å². The van der Waals surface area contributed by atoms with Gasteiger partial charge in [-0.2, -0.15) is 0 Å². The molecule has 1 fully saturated rings. The van der Waals surface area contributed by atoms with E-state index in [0.717, 1.165) is 43.5 Å². The van der Waals surface area contributed by atoms with Gasteiger partial charge in [0.15, 0.2) is 0 Å². The number of hydrogen-bond acceptors (Lipinski definition) is 3. The van der Waals surface area contributed by atoms with Crippen LogP contribution in [0.5, 0.6) is 0 Å². The summed E-state index contributed by atoms with van der Waals surface area (Å²) < 4.78 is 12.3. The minimum absolute atomic E-state index is 0.0433. The van der Waals surface area contributed by atoms with Gasteiger partial charge in [-0.3, -0.25) is 0 Å². The van der Waals surface area contributed by atoms with Crippen molar-refractivity contribution in [3.63, 3.8) is 0 Å². The van der Waals surface area contributed by atoms with Crippen molar-refractivity contribution >= 4 is 5.97 Å². The minimum atomic E-state index is -1.23. The monoisotopic (exact) mass is 368 g/mol. The lowest BCUT2D eigenvalue weighted by Crippen LogP contribution is -3.10. The molecule has 144 valence electrons. The molecule has 3 rings (SSSR count). The van der Waals surface area contributed by atoms with Crippen LogP contribution in [0.2, 0.25) is 0 Å². The van der Waals surface area contributed by atoms with E-state index in [2.05, 4.69) is 7.05 Å². The largest absolute Gasteiger partial charge is 0.459 e. The second kappa shape index (κ2) is 9.16. The number of quaternary nitrogens is 1. The summed E-state index contributed by atoms with van der Waals surface area (Å²) in [4.78, 5) is 15.1. The number of rotatable bonds is 7. The van der Waals surface area contributed by atoms with E-state index in [1.807, 2.05) is 67.6 Å². The van der Waals surface area contributed by atoms with Gasteiger partial charge in [-0.15, -0.1) is 0 Å². The second-order valence-electron chi connectivity index (χ2n) is 7.32. The van der Waals surface area contributed by atoms with Crippen molar-refractivity contribution in [2.75, 3.05) is 26.7 Å². The summed E-state index contributed by atoms with van der Waals surface area (Å²) >= 11 is 0. The third-order valence-corrected chi connectivity index (χ3v) is 5.23. The molecule has 1 aliphatic rings. The van der Waals surface area contributed by atoms with Crippen LogP contribution >= 0.6 is 0 Å². The van der Waals surface area contributed by atoms with Crippen LogP contribution in [0.4, 0.5) is 0 Å². The Balaban J connectivity index is 1.98. The molecule has 0 atom stereocenters. The number of likely N-dealkylation sites (tertiary alicyclic amines) is 1. The van der Waals surface area contributed by atoms with Crippen LogP contribution < -0.4 is 4.90 Å². The highest BCUT2D eigenvalue weighted by Gasteiger charge is 2.46. The SMILES string of the molecule is CCCOC(C(=O)OC1CC[NH+](C)CC1)(c1ccccc1)c1ccccc1. The number of nitrogens with one attached hydrogen (secondary N) is 1. The molecule has 1 N–H and O–H groups in total. The average Bonchev–Trinajstić information content (AvgIpc) is 2.72. The lowest BCUT2D eigenvalue weighted by Gasteiger charge is -2.35. The van der Waals surface area contributed by atoms with Crippen molar-refractivity contribution in [2.24, 2.45) is 0 Å². The van der Waals surface area contributed by atoms with Crippen LogP contribution in [0, 0.1) is 0 Å². The van der Waals surface area contributed by atoms with Gasteiger partial charge in [-0.05, 0) is 17.5 Å². The van der Waals surface area contributed by atoms with Gasteiger partial charge in [-0.25, -0.2) is 4.79 Å². The highest BCUT2D eigenvalue weighted by molar-refractivity contribution is 5.86. The Labute approximate surface area is 162 Å². The van der Waals surface area contributed by atoms with E-state index in [0.29, 0.717) is 6.61 Å². The topological polar surface area (TPSA) is 40.0 Å². The zero-order chi connectivity index (χ0) is 19.1. The van der Waals surface area contributed by atoms with Crippen LogP contribution in [0.25, 0.3) is 0 Å². The van der Waals surface area contributed by atoms with E-state index in [-0.39, 0.29) is 12.1 Å². The number of hydrogen-bond donors (Lipinski definition) is 1. The molecular weight excluding hydrogens is 338 g/mol. The number of carbonyl (C=O) groups is 1. The minimum Gasteiger partial charge on any atom is -0.459 e. The van der Waals surface area contributed by atoms with E-state index in [4.69, 9.17) is 9.47 Å². The number of benzene rings is 2. The number of piperidine rings is 1. The van der Waals surface area contributed by atoms with Crippen molar-refractivity contribution < 1.29 is 19.2 Å². The molecule has 0 spiro atoms. The summed E-state index contributed by atoms with van der Waals surface area (Å²) in [7, 11) is 2.18. The first kappa shape index (κ1) is 19.6. The molecule has 0 unspecified atom stereocenters. The van der Waals surface area contributed by atoms with Gasteiger partial charge < -0.3 is 14.4 Å². The molecule has 0 bridgehead atoms. The molecular formula is C23H30NO3+. The molecule has 0 radical (unpaired) electrons. The Kier molecular flexibility index (Phi) is 6.64. The van der Waals surface area contributed by atoms with Gasteiger partial charge in [0.05, 0.1) is 20.1 Å². The van der Waals surface area contributed by atoms with E-state index in [9.17, 15) is 4.79 Å². The van der Waals surface area contributed by atoms with Crippen molar-refractivity contribution in [2.45, 2.75) is 37.9 Å². The van der Waals surface area contributed by atoms with E-state index in [1.54, 1.807) is 0 Å². The molecule has 0 aliphatic carbocycles. The number of esters is 1. The molecule has 27 heavy (non-hydrogen) atoms. The molecule has 1 saturated heterocycles. The van der Waals surface area contributed by atoms with Crippen molar-refractivity contribution in [3.05, 3.63) is 71.8 Å². The summed E-state index contributed by atoms with van der Waals surface area (Å²) in [6.45, 7) is 4.58. The van der Waals surface area contributed by atoms with Crippen LogP contribution in [0.15, 0.2) is 60.7 Å². The Bertz CT molecular complexity index is 669. The van der Waals surface area contributed by atoms with E-state index >= 15 is 0 Å². The van der Waals surface area contributed by atoms with Gasteiger partial charge in [0.2, 0.25) is 5.60 Å². The Hall–Kier alpha value is -2.17. The standard InChI is InChI=1S/C23H29NO3/c1-3-18-26-23(19-10-6-4-7-11-19,20-12-8-5-9-13-20)22(25)27-21-14-16-24(2)17-15-21/h4-13,21H,3,14-18H2,1-2H3/p+1. The molecule has 4 nitrogen and oxygen atoms in total. The molecule has 0 amide bonds. The Morgan fingerprint density at radius 3 is 2.00 bits per heavy atom. The predicted octanol–water partition coefficient (Wildman–Crippen LogP) is 2.58. The molecule has 0 aromatic heterocycles. The number of carbonyl (C=O) groups excluding carboxylic acids is 1. The first-order valence-electron chi connectivity index (χ1n) is 9.94. The maximum Gasteiger partial charge on any atom is 0.348 e. The third kappa shape index (κ3) is 4.40. The van der Waals surface area contributed by atoms with Gasteiger partial charge in [0.1, 0.15) is 6.10 Å². The fourth-order valence-corrected chi connectivity index (χ4v) is 3.67. The first-order chi connectivity index (χ1) is 13.2. The predicted molar refractivity (Wildman–Crippen MR) is 106 cm³/mol. The maximum atomic E-state index is 13.6. The smallest absolute Gasteiger partial charge is 0.348 e. The summed E-state index contributed by atoms with van der Waals surface area (Å²) in [6.07, 6.45) is 2.57. The van der Waals surface area contributed by atoms with Crippen LogP contribution in [-0.2, 0) is 19.9 Å². The number of ether oxygens (including phenoxy) is 2. The van der Waals surface area contributed by atoms with Crippen molar-refractivity contribution in [3.8, 4) is 0 Å². The Morgan fingerprint density at radius 1 is 1.00 bits per heavy atom. The summed E-state index contributed by atoms with van der Waals surface area (Å²) in [5, 5.41) is 0. The van der Waals surface area contributed by atoms with Crippen LogP contribution in [0.3, 0.4) is 0 Å². The quantitative estimate of drug-likeness (QED) is 0.764. The molecule has 2 aromatic carbocycles. The zero-order valence-corrected chi connectivity index (χ0v) is 16.3. The van der Waals surface area contributed by atoms with E-state index < -0.39 is 5.60 Å².